The highest BCUT2D eigenvalue weighted by Crippen LogP contribution is 2.24. The number of anilines is 3. The first-order valence-electron chi connectivity index (χ1n) is 12.1. The molecule has 2 fully saturated rings. The van der Waals surface area contributed by atoms with E-state index in [0.717, 1.165) is 75.1 Å². The maximum absolute atomic E-state index is 12.9. The Bertz CT molecular complexity index is 1160. The maximum atomic E-state index is 12.9. The number of carbonyl (C=O) groups excluding carboxylic acids is 1. The van der Waals surface area contributed by atoms with E-state index in [2.05, 4.69) is 52.3 Å². The molecule has 0 radical (unpaired) electrons. The summed E-state index contributed by atoms with van der Waals surface area (Å²) in [5.74, 6) is 2.90. The lowest BCUT2D eigenvalue weighted by Crippen LogP contribution is -2.44. The Morgan fingerprint density at radius 2 is 1.57 bits per heavy atom. The summed E-state index contributed by atoms with van der Waals surface area (Å²) in [5, 5.41) is 16.3. The van der Waals surface area contributed by atoms with Crippen molar-refractivity contribution in [3.05, 3.63) is 42.0 Å². The summed E-state index contributed by atoms with van der Waals surface area (Å²) in [5.41, 5.74) is 1.97. The third-order valence-electron chi connectivity index (χ3n) is 6.78. The van der Waals surface area contributed by atoms with E-state index in [1.54, 1.807) is 4.68 Å². The number of piperazine rings is 1. The van der Waals surface area contributed by atoms with Crippen LogP contribution in [0.15, 0.2) is 30.6 Å². The molecule has 0 aromatic carbocycles. The fourth-order valence-corrected chi connectivity index (χ4v) is 4.68. The molecule has 1 amide bonds. The molecule has 2 aliphatic rings. The van der Waals surface area contributed by atoms with Crippen LogP contribution in [0.4, 0.5) is 17.5 Å². The number of likely N-dealkylation sites (N-methyl/N-ethyl adjacent to an activating group) is 1. The summed E-state index contributed by atoms with van der Waals surface area (Å²) in [6, 6.07) is 7.80. The van der Waals surface area contributed by atoms with Gasteiger partial charge < -0.3 is 20.0 Å². The predicted octanol–water partition coefficient (Wildman–Crippen LogP) is 1.68. The van der Waals surface area contributed by atoms with Crippen LogP contribution in [-0.4, -0.2) is 87.1 Å². The van der Waals surface area contributed by atoms with Crippen LogP contribution in [0.25, 0.3) is 5.82 Å². The molecule has 5 heterocycles. The van der Waals surface area contributed by atoms with Crippen molar-refractivity contribution in [1.29, 1.82) is 0 Å². The molecule has 0 bridgehead atoms. The largest absolute Gasteiger partial charge is 0.355 e. The van der Waals surface area contributed by atoms with Gasteiger partial charge in [-0.3, -0.25) is 4.79 Å². The maximum Gasteiger partial charge on any atom is 0.228 e. The Hall–Kier alpha value is -3.60. The van der Waals surface area contributed by atoms with Crippen LogP contribution in [0.1, 0.15) is 24.2 Å². The van der Waals surface area contributed by atoms with E-state index in [1.165, 1.54) is 6.33 Å². The molecule has 35 heavy (non-hydrogen) atoms. The number of amides is 1. The van der Waals surface area contributed by atoms with Gasteiger partial charge in [-0.05, 0) is 51.9 Å². The number of nitrogens with one attached hydrogen (secondary N) is 1. The van der Waals surface area contributed by atoms with E-state index in [9.17, 15) is 4.79 Å². The number of piperidine rings is 1. The monoisotopic (exact) mass is 476 g/mol. The van der Waals surface area contributed by atoms with E-state index in [0.29, 0.717) is 11.6 Å². The number of carbonyl (C=O) groups is 1. The second kappa shape index (κ2) is 9.95. The molecule has 0 unspecified atom stereocenters. The van der Waals surface area contributed by atoms with Crippen molar-refractivity contribution in [2.45, 2.75) is 26.7 Å². The molecule has 184 valence electrons. The molecule has 0 spiro atoms. The molecular formula is C24H32N10O. The van der Waals surface area contributed by atoms with Gasteiger partial charge in [0.15, 0.2) is 11.6 Å². The van der Waals surface area contributed by atoms with Gasteiger partial charge in [-0.1, -0.05) is 0 Å². The van der Waals surface area contributed by atoms with Crippen LogP contribution in [0.2, 0.25) is 0 Å². The average molecular weight is 477 g/mol. The minimum Gasteiger partial charge on any atom is -0.355 e. The van der Waals surface area contributed by atoms with Gasteiger partial charge in [-0.15, -0.1) is 10.2 Å². The van der Waals surface area contributed by atoms with Crippen LogP contribution in [0.5, 0.6) is 0 Å². The first kappa shape index (κ1) is 23.2. The zero-order chi connectivity index (χ0) is 24.4. The normalized spacial score (nSPS) is 17.6. The van der Waals surface area contributed by atoms with E-state index in [-0.39, 0.29) is 11.8 Å². The van der Waals surface area contributed by atoms with Crippen molar-refractivity contribution >= 4 is 23.4 Å². The second-order valence-corrected chi connectivity index (χ2v) is 9.39. The Morgan fingerprint density at radius 1 is 0.886 bits per heavy atom. The molecule has 0 saturated carbocycles. The number of hydrogen-bond acceptors (Lipinski definition) is 9. The molecular weight excluding hydrogens is 444 g/mol. The highest BCUT2D eigenvalue weighted by Gasteiger charge is 2.26. The molecule has 5 rings (SSSR count). The van der Waals surface area contributed by atoms with Gasteiger partial charge in [-0.2, -0.15) is 5.10 Å². The lowest BCUT2D eigenvalue weighted by atomic mass is 9.96. The number of aromatic nitrogens is 6. The van der Waals surface area contributed by atoms with E-state index in [1.807, 2.05) is 38.1 Å². The standard InChI is InChI=1S/C24H32N10O/c1-17-14-18(2)34(30-17)22-5-4-21(28-29-22)32-8-6-19(7-9-32)24(35)27-20-15-23(26-16-25-20)33-12-10-31(3)11-13-33/h4-5,14-16,19H,6-13H2,1-3H3,(H,25,26,27,35). The smallest absolute Gasteiger partial charge is 0.228 e. The Labute approximate surface area is 205 Å². The van der Waals surface area contributed by atoms with Crippen LogP contribution in [-0.2, 0) is 4.79 Å². The Kier molecular flexibility index (Phi) is 6.58. The molecule has 0 atom stereocenters. The van der Waals surface area contributed by atoms with E-state index in [4.69, 9.17) is 0 Å². The minimum absolute atomic E-state index is 0.0126. The summed E-state index contributed by atoms with van der Waals surface area (Å²) in [6.45, 7) is 9.31. The summed E-state index contributed by atoms with van der Waals surface area (Å²) >= 11 is 0. The highest BCUT2D eigenvalue weighted by molar-refractivity contribution is 5.92. The first-order valence-corrected chi connectivity index (χ1v) is 12.1. The van der Waals surface area contributed by atoms with Crippen LogP contribution in [0.3, 0.4) is 0 Å². The van der Waals surface area contributed by atoms with Gasteiger partial charge >= 0.3 is 0 Å². The van der Waals surface area contributed by atoms with Gasteiger partial charge in [-0.25, -0.2) is 14.6 Å². The molecule has 1 N–H and O–H groups in total. The molecule has 2 aliphatic heterocycles. The molecule has 2 saturated heterocycles. The first-order chi connectivity index (χ1) is 17.0. The van der Waals surface area contributed by atoms with Crippen molar-refractivity contribution in [1.82, 2.24) is 34.8 Å². The minimum atomic E-state index is -0.0600. The van der Waals surface area contributed by atoms with Crippen molar-refractivity contribution in [2.75, 3.05) is 61.4 Å². The average Bonchev–Trinajstić information content (AvgIpc) is 3.22. The highest BCUT2D eigenvalue weighted by atomic mass is 16.2. The zero-order valence-corrected chi connectivity index (χ0v) is 20.6. The number of rotatable bonds is 5. The predicted molar refractivity (Wildman–Crippen MR) is 134 cm³/mol. The quantitative estimate of drug-likeness (QED) is 0.588. The molecule has 11 heteroatoms. The molecule has 3 aromatic heterocycles. The summed E-state index contributed by atoms with van der Waals surface area (Å²) in [4.78, 5) is 28.3. The molecule has 0 aliphatic carbocycles. The lowest BCUT2D eigenvalue weighted by Gasteiger charge is -2.33. The lowest BCUT2D eigenvalue weighted by molar-refractivity contribution is -0.120. The fourth-order valence-electron chi connectivity index (χ4n) is 4.68. The summed E-state index contributed by atoms with van der Waals surface area (Å²) < 4.78 is 1.80. The number of aryl methyl sites for hydroxylation is 2. The SMILES string of the molecule is Cc1cc(C)n(-c2ccc(N3CCC(C(=O)Nc4cc(N5CCN(C)CC5)ncn4)CC3)nn2)n1. The number of nitrogens with zero attached hydrogens (tertiary/aromatic N) is 9. The molecule has 3 aromatic rings. The van der Waals surface area contributed by atoms with E-state index < -0.39 is 0 Å². The van der Waals surface area contributed by atoms with Crippen molar-refractivity contribution in [3.8, 4) is 5.82 Å². The Morgan fingerprint density at radius 3 is 2.23 bits per heavy atom. The van der Waals surface area contributed by atoms with Crippen LogP contribution in [0, 0.1) is 19.8 Å². The van der Waals surface area contributed by atoms with Crippen molar-refractivity contribution < 1.29 is 4.79 Å². The zero-order valence-electron chi connectivity index (χ0n) is 20.6. The summed E-state index contributed by atoms with van der Waals surface area (Å²) in [6.07, 6.45) is 3.03. The second-order valence-electron chi connectivity index (χ2n) is 9.39. The van der Waals surface area contributed by atoms with Gasteiger partial charge in [0.05, 0.1) is 5.69 Å². The van der Waals surface area contributed by atoms with Crippen LogP contribution >= 0.6 is 0 Å². The number of hydrogen-bond donors (Lipinski definition) is 1. The van der Waals surface area contributed by atoms with Crippen LogP contribution < -0.4 is 15.1 Å². The van der Waals surface area contributed by atoms with Gasteiger partial charge in [0.2, 0.25) is 5.91 Å². The van der Waals surface area contributed by atoms with Gasteiger partial charge in [0.1, 0.15) is 18.0 Å². The molecule has 11 nitrogen and oxygen atoms in total. The summed E-state index contributed by atoms with van der Waals surface area (Å²) in [7, 11) is 2.12. The third-order valence-corrected chi connectivity index (χ3v) is 6.78. The van der Waals surface area contributed by atoms with Crippen molar-refractivity contribution in [2.24, 2.45) is 5.92 Å². The van der Waals surface area contributed by atoms with Gasteiger partial charge in [0.25, 0.3) is 0 Å². The topological polar surface area (TPSA) is 108 Å². The third kappa shape index (κ3) is 5.24. The van der Waals surface area contributed by atoms with Crippen molar-refractivity contribution in [3.63, 3.8) is 0 Å². The Balaban J connectivity index is 1.15. The fraction of sp³-hybridized carbons (Fsp3) is 0.500. The van der Waals surface area contributed by atoms with Gasteiger partial charge in [0, 0.05) is 56.9 Å². The van der Waals surface area contributed by atoms with E-state index >= 15 is 0 Å².